The normalized spacial score (nSPS) is 19.0. The Morgan fingerprint density at radius 2 is 1.75 bits per heavy atom. The predicted octanol–water partition coefficient (Wildman–Crippen LogP) is 3.39. The number of carbonyl (C=O) groups excluding carboxylic acids is 2. The van der Waals surface area contributed by atoms with Crippen LogP contribution in [0.4, 0.5) is 10.5 Å². The number of amides is 2. The van der Waals surface area contributed by atoms with Crippen LogP contribution in [0.2, 0.25) is 0 Å². The van der Waals surface area contributed by atoms with Gasteiger partial charge in [0, 0.05) is 17.6 Å². The number of rotatable bonds is 7. The van der Waals surface area contributed by atoms with Crippen LogP contribution in [0, 0.1) is 5.92 Å². The molecule has 3 atom stereocenters. The van der Waals surface area contributed by atoms with E-state index in [0.717, 1.165) is 12.0 Å². The van der Waals surface area contributed by atoms with E-state index in [9.17, 15) is 9.59 Å². The summed E-state index contributed by atoms with van der Waals surface area (Å²) in [7, 11) is 0. The summed E-state index contributed by atoms with van der Waals surface area (Å²) >= 11 is 0. The molecule has 0 radical (unpaired) electrons. The van der Waals surface area contributed by atoms with Gasteiger partial charge in [0.1, 0.15) is 12.6 Å². The maximum absolute atomic E-state index is 12.6. The summed E-state index contributed by atoms with van der Waals surface area (Å²) in [5, 5.41) is 5.52. The fourth-order valence-corrected chi connectivity index (χ4v) is 3.06. The molecule has 1 aliphatic carbocycles. The first-order valence-corrected chi connectivity index (χ1v) is 9.57. The molecule has 1 aliphatic rings. The molecule has 3 rings (SSSR count). The van der Waals surface area contributed by atoms with E-state index in [4.69, 9.17) is 10.5 Å². The smallest absolute Gasteiger partial charge is 0.408 e. The van der Waals surface area contributed by atoms with Crippen molar-refractivity contribution in [3.63, 3.8) is 0 Å². The highest BCUT2D eigenvalue weighted by molar-refractivity contribution is 5.96. The van der Waals surface area contributed by atoms with Crippen molar-refractivity contribution in [1.29, 1.82) is 0 Å². The van der Waals surface area contributed by atoms with Crippen molar-refractivity contribution < 1.29 is 14.3 Å². The van der Waals surface area contributed by atoms with E-state index < -0.39 is 12.1 Å². The third kappa shape index (κ3) is 5.33. The molecular weight excluding hydrogens is 354 g/mol. The molecule has 2 aromatic carbocycles. The number of alkyl carbamates (subject to hydrolysis) is 1. The average Bonchev–Trinajstić information content (AvgIpc) is 3.42. The number of ether oxygens (including phenoxy) is 1. The van der Waals surface area contributed by atoms with E-state index in [0.29, 0.717) is 11.6 Å². The lowest BCUT2D eigenvalue weighted by Crippen LogP contribution is -2.47. The zero-order chi connectivity index (χ0) is 20.1. The van der Waals surface area contributed by atoms with Gasteiger partial charge in [-0.25, -0.2) is 4.79 Å². The number of benzene rings is 2. The molecule has 0 aliphatic heterocycles. The van der Waals surface area contributed by atoms with Crippen LogP contribution in [0.5, 0.6) is 0 Å². The van der Waals surface area contributed by atoms with Gasteiger partial charge in [0.15, 0.2) is 0 Å². The summed E-state index contributed by atoms with van der Waals surface area (Å²) in [4.78, 5) is 24.8. The van der Waals surface area contributed by atoms with Gasteiger partial charge in [0.25, 0.3) is 0 Å². The van der Waals surface area contributed by atoms with Gasteiger partial charge in [-0.2, -0.15) is 0 Å². The monoisotopic (exact) mass is 381 g/mol. The summed E-state index contributed by atoms with van der Waals surface area (Å²) in [6.45, 7) is 3.91. The second-order valence-corrected chi connectivity index (χ2v) is 7.55. The first-order valence-electron chi connectivity index (χ1n) is 9.57. The summed E-state index contributed by atoms with van der Waals surface area (Å²) < 4.78 is 5.23. The maximum Gasteiger partial charge on any atom is 0.408 e. The van der Waals surface area contributed by atoms with Gasteiger partial charge in [-0.15, -0.1) is 0 Å². The standard InChI is InChI=1S/C22H27N3O3/c1-14(2)20(25-22(27)28-13-15-6-4-3-5-7-15)21(26)24-17-10-8-16(9-11-17)18-12-19(18)23/h3-11,14,18-20H,12-13,23H2,1-2H3,(H,24,26)(H,25,27)/t18-,19+,20?/m0/s1. The van der Waals surface area contributed by atoms with Gasteiger partial charge in [0.05, 0.1) is 0 Å². The molecule has 2 amide bonds. The summed E-state index contributed by atoms with van der Waals surface area (Å²) in [5.41, 5.74) is 8.64. The van der Waals surface area contributed by atoms with Crippen LogP contribution in [0.3, 0.4) is 0 Å². The van der Waals surface area contributed by atoms with Crippen LogP contribution < -0.4 is 16.4 Å². The van der Waals surface area contributed by atoms with Crippen LogP contribution in [0.1, 0.15) is 37.3 Å². The largest absolute Gasteiger partial charge is 0.445 e. The summed E-state index contributed by atoms with van der Waals surface area (Å²) in [6.07, 6.45) is 0.395. The van der Waals surface area contributed by atoms with Crippen molar-refractivity contribution in [2.75, 3.05) is 5.32 Å². The number of anilines is 1. The van der Waals surface area contributed by atoms with Crippen molar-refractivity contribution in [2.24, 2.45) is 11.7 Å². The number of nitrogens with one attached hydrogen (secondary N) is 2. The lowest BCUT2D eigenvalue weighted by atomic mass is 10.0. The molecule has 6 heteroatoms. The highest BCUT2D eigenvalue weighted by Gasteiger charge is 2.34. The molecule has 0 saturated heterocycles. The van der Waals surface area contributed by atoms with E-state index in [-0.39, 0.29) is 24.5 Å². The molecule has 0 heterocycles. The molecule has 6 nitrogen and oxygen atoms in total. The van der Waals surface area contributed by atoms with Crippen molar-refractivity contribution in [3.8, 4) is 0 Å². The molecule has 28 heavy (non-hydrogen) atoms. The second-order valence-electron chi connectivity index (χ2n) is 7.55. The summed E-state index contributed by atoms with van der Waals surface area (Å²) in [5.74, 6) is 0.0600. The van der Waals surface area contributed by atoms with Gasteiger partial charge in [-0.1, -0.05) is 56.3 Å². The predicted molar refractivity (Wildman–Crippen MR) is 109 cm³/mol. The Hall–Kier alpha value is -2.86. The summed E-state index contributed by atoms with van der Waals surface area (Å²) in [6, 6.07) is 16.7. The molecule has 1 fully saturated rings. The second kappa shape index (κ2) is 8.89. The van der Waals surface area contributed by atoms with Crippen LogP contribution in [0.15, 0.2) is 54.6 Å². The number of hydrogen-bond acceptors (Lipinski definition) is 4. The molecule has 148 valence electrons. The van der Waals surface area contributed by atoms with Gasteiger partial charge in [0.2, 0.25) is 5.91 Å². The van der Waals surface area contributed by atoms with E-state index >= 15 is 0 Å². The first kappa shape index (κ1) is 19.9. The lowest BCUT2D eigenvalue weighted by molar-refractivity contribution is -0.119. The van der Waals surface area contributed by atoms with E-state index in [2.05, 4.69) is 10.6 Å². The van der Waals surface area contributed by atoms with Crippen LogP contribution >= 0.6 is 0 Å². The zero-order valence-electron chi connectivity index (χ0n) is 16.2. The zero-order valence-corrected chi connectivity index (χ0v) is 16.2. The SMILES string of the molecule is CC(C)C(NC(=O)OCc1ccccc1)C(=O)Nc1ccc([C@@H]2C[C@H]2N)cc1. The Balaban J connectivity index is 1.53. The Morgan fingerprint density at radius 3 is 2.32 bits per heavy atom. The Labute approximate surface area is 165 Å². The minimum absolute atomic E-state index is 0.0898. The fraction of sp³-hybridized carbons (Fsp3) is 0.364. The van der Waals surface area contributed by atoms with E-state index in [1.54, 1.807) is 0 Å². The molecular formula is C22H27N3O3. The molecule has 2 aromatic rings. The third-order valence-electron chi connectivity index (χ3n) is 4.88. The number of nitrogens with two attached hydrogens (primary N) is 1. The molecule has 0 aromatic heterocycles. The minimum atomic E-state index is -0.695. The van der Waals surface area contributed by atoms with E-state index in [1.807, 2.05) is 68.4 Å². The average molecular weight is 381 g/mol. The first-order chi connectivity index (χ1) is 13.4. The van der Waals surface area contributed by atoms with Crippen LogP contribution in [-0.2, 0) is 16.1 Å². The molecule has 0 bridgehead atoms. The quantitative estimate of drug-likeness (QED) is 0.685. The Morgan fingerprint density at radius 1 is 1.11 bits per heavy atom. The van der Waals surface area contributed by atoms with Crippen LogP contribution in [-0.4, -0.2) is 24.1 Å². The van der Waals surface area contributed by atoms with Crippen molar-refractivity contribution >= 4 is 17.7 Å². The molecule has 4 N–H and O–H groups in total. The lowest BCUT2D eigenvalue weighted by Gasteiger charge is -2.21. The van der Waals surface area contributed by atoms with Gasteiger partial charge >= 0.3 is 6.09 Å². The minimum Gasteiger partial charge on any atom is -0.445 e. The highest BCUT2D eigenvalue weighted by atomic mass is 16.5. The van der Waals surface area contributed by atoms with Crippen molar-refractivity contribution in [3.05, 3.63) is 65.7 Å². The van der Waals surface area contributed by atoms with E-state index in [1.165, 1.54) is 5.56 Å². The number of hydrogen-bond donors (Lipinski definition) is 3. The van der Waals surface area contributed by atoms with Gasteiger partial charge in [-0.05, 0) is 35.6 Å². The van der Waals surface area contributed by atoms with Crippen molar-refractivity contribution in [1.82, 2.24) is 5.32 Å². The topological polar surface area (TPSA) is 93.4 Å². The maximum atomic E-state index is 12.6. The van der Waals surface area contributed by atoms with Gasteiger partial charge in [-0.3, -0.25) is 4.79 Å². The van der Waals surface area contributed by atoms with Crippen molar-refractivity contribution in [2.45, 2.75) is 44.9 Å². The van der Waals surface area contributed by atoms with Crippen LogP contribution in [0.25, 0.3) is 0 Å². The molecule has 1 unspecified atom stereocenters. The third-order valence-corrected chi connectivity index (χ3v) is 4.88. The fourth-order valence-electron chi connectivity index (χ4n) is 3.06. The Kier molecular flexibility index (Phi) is 6.31. The Bertz CT molecular complexity index is 806. The molecule has 1 saturated carbocycles. The highest BCUT2D eigenvalue weighted by Crippen LogP contribution is 2.39. The number of carbonyl (C=O) groups is 2. The van der Waals surface area contributed by atoms with Gasteiger partial charge < -0.3 is 21.1 Å². The molecule has 0 spiro atoms.